The van der Waals surface area contributed by atoms with E-state index in [2.05, 4.69) is 4.74 Å². The molecule has 1 aromatic carbocycles. The van der Waals surface area contributed by atoms with Crippen LogP contribution >= 0.6 is 0 Å². The molecule has 0 aliphatic heterocycles. The van der Waals surface area contributed by atoms with Crippen molar-refractivity contribution in [1.29, 1.82) is 0 Å². The number of benzene rings is 1. The summed E-state index contributed by atoms with van der Waals surface area (Å²) in [6.07, 6.45) is -5.17. The van der Waals surface area contributed by atoms with Gasteiger partial charge < -0.3 is 14.9 Å². The van der Waals surface area contributed by atoms with Crippen molar-refractivity contribution < 1.29 is 41.7 Å². The van der Waals surface area contributed by atoms with E-state index in [9.17, 15) is 31.9 Å². The third-order valence-corrected chi connectivity index (χ3v) is 2.28. The standard InChI is InChI=1S/C10H7F5O4/c1-19-10(18)9(17)8(16)2-3(11)5(13)7(15)6(14)4(2)12/h8-9,16-17H,1H3/t8-,9+/m1/s1. The predicted molar refractivity (Wildman–Crippen MR) is 49.2 cm³/mol. The van der Waals surface area contributed by atoms with E-state index >= 15 is 0 Å². The van der Waals surface area contributed by atoms with E-state index in [-0.39, 0.29) is 0 Å². The van der Waals surface area contributed by atoms with Crippen molar-refractivity contribution in [3.8, 4) is 0 Å². The molecule has 1 aromatic rings. The van der Waals surface area contributed by atoms with Gasteiger partial charge in [0, 0.05) is 0 Å². The number of aliphatic hydroxyl groups excluding tert-OH is 2. The molecule has 0 spiro atoms. The van der Waals surface area contributed by atoms with Crippen LogP contribution in [0.3, 0.4) is 0 Å². The fourth-order valence-corrected chi connectivity index (χ4v) is 1.29. The Kier molecular flexibility index (Phi) is 4.43. The lowest BCUT2D eigenvalue weighted by atomic mass is 10.0. The summed E-state index contributed by atoms with van der Waals surface area (Å²) >= 11 is 0. The monoisotopic (exact) mass is 286 g/mol. The average molecular weight is 286 g/mol. The molecule has 0 unspecified atom stereocenters. The van der Waals surface area contributed by atoms with Gasteiger partial charge in [-0.15, -0.1) is 0 Å². The number of esters is 1. The summed E-state index contributed by atoms with van der Waals surface area (Å²) < 4.78 is 68.8. The van der Waals surface area contributed by atoms with Crippen molar-refractivity contribution in [2.45, 2.75) is 12.2 Å². The molecule has 4 nitrogen and oxygen atoms in total. The van der Waals surface area contributed by atoms with Crippen molar-refractivity contribution in [2.24, 2.45) is 0 Å². The lowest BCUT2D eigenvalue weighted by molar-refractivity contribution is -0.157. The van der Waals surface area contributed by atoms with E-state index in [0.29, 0.717) is 0 Å². The number of methoxy groups -OCH3 is 1. The first-order valence-corrected chi connectivity index (χ1v) is 4.69. The molecule has 106 valence electrons. The molecule has 2 atom stereocenters. The second kappa shape index (κ2) is 5.49. The highest BCUT2D eigenvalue weighted by molar-refractivity contribution is 5.75. The van der Waals surface area contributed by atoms with Crippen LogP contribution in [0.4, 0.5) is 22.0 Å². The van der Waals surface area contributed by atoms with Crippen LogP contribution in [-0.2, 0) is 9.53 Å². The molecular weight excluding hydrogens is 279 g/mol. The SMILES string of the molecule is COC(=O)[C@@H](O)[C@H](O)c1c(F)c(F)c(F)c(F)c1F. The maximum Gasteiger partial charge on any atom is 0.337 e. The van der Waals surface area contributed by atoms with Gasteiger partial charge in [-0.05, 0) is 0 Å². The molecule has 1 rings (SSSR count). The lowest BCUT2D eigenvalue weighted by Crippen LogP contribution is -2.31. The molecule has 0 aliphatic carbocycles. The van der Waals surface area contributed by atoms with Gasteiger partial charge in [0.2, 0.25) is 5.82 Å². The normalized spacial score (nSPS) is 14.1. The third-order valence-electron chi connectivity index (χ3n) is 2.28. The number of rotatable bonds is 3. The summed E-state index contributed by atoms with van der Waals surface area (Å²) in [4.78, 5) is 10.8. The molecule has 19 heavy (non-hydrogen) atoms. The molecule has 0 fully saturated rings. The molecule has 0 amide bonds. The number of hydrogen-bond acceptors (Lipinski definition) is 4. The minimum atomic E-state index is -2.67. The summed E-state index contributed by atoms with van der Waals surface area (Å²) in [6, 6.07) is 0. The maximum absolute atomic E-state index is 13.2. The predicted octanol–water partition coefficient (Wildman–Crippen LogP) is 0.949. The van der Waals surface area contributed by atoms with Crippen LogP contribution in [0.15, 0.2) is 0 Å². The summed E-state index contributed by atoms with van der Waals surface area (Å²) in [6.45, 7) is 0. The Morgan fingerprint density at radius 3 is 1.68 bits per heavy atom. The molecule has 2 N–H and O–H groups in total. The Labute approximate surface area is 103 Å². The maximum atomic E-state index is 13.2. The van der Waals surface area contributed by atoms with Gasteiger partial charge in [0.25, 0.3) is 0 Å². The van der Waals surface area contributed by atoms with Gasteiger partial charge in [0.15, 0.2) is 29.4 Å². The van der Waals surface area contributed by atoms with Gasteiger partial charge in [0.1, 0.15) is 6.10 Å². The van der Waals surface area contributed by atoms with Crippen LogP contribution in [0.2, 0.25) is 0 Å². The quantitative estimate of drug-likeness (QED) is 0.376. The van der Waals surface area contributed by atoms with E-state index in [0.717, 1.165) is 7.11 Å². The van der Waals surface area contributed by atoms with E-state index in [1.165, 1.54) is 0 Å². The van der Waals surface area contributed by atoms with Gasteiger partial charge in [-0.25, -0.2) is 26.7 Å². The van der Waals surface area contributed by atoms with Crippen LogP contribution in [0, 0.1) is 29.1 Å². The van der Waals surface area contributed by atoms with Crippen molar-refractivity contribution in [2.75, 3.05) is 7.11 Å². The van der Waals surface area contributed by atoms with E-state index in [1.54, 1.807) is 0 Å². The first-order chi connectivity index (χ1) is 8.73. The lowest BCUT2D eigenvalue weighted by Gasteiger charge is -2.17. The fraction of sp³-hybridized carbons (Fsp3) is 0.300. The number of ether oxygens (including phenoxy) is 1. The molecular formula is C10H7F5O4. The number of aliphatic hydroxyl groups is 2. The molecule has 0 heterocycles. The zero-order valence-electron chi connectivity index (χ0n) is 9.26. The largest absolute Gasteiger partial charge is 0.467 e. The van der Waals surface area contributed by atoms with Crippen LogP contribution in [0.1, 0.15) is 11.7 Å². The minimum absolute atomic E-state index is 0.789. The van der Waals surface area contributed by atoms with Gasteiger partial charge >= 0.3 is 5.97 Å². The topological polar surface area (TPSA) is 66.8 Å². The van der Waals surface area contributed by atoms with E-state index < -0.39 is 52.8 Å². The van der Waals surface area contributed by atoms with Gasteiger partial charge in [-0.1, -0.05) is 0 Å². The number of carbonyl (C=O) groups is 1. The van der Waals surface area contributed by atoms with Crippen molar-refractivity contribution in [3.63, 3.8) is 0 Å². The van der Waals surface area contributed by atoms with Gasteiger partial charge in [0.05, 0.1) is 12.7 Å². The zero-order chi connectivity index (χ0) is 14.9. The van der Waals surface area contributed by atoms with Gasteiger partial charge in [-0.2, -0.15) is 0 Å². The van der Waals surface area contributed by atoms with Crippen molar-refractivity contribution >= 4 is 5.97 Å². The summed E-state index contributed by atoms with van der Waals surface area (Å²) in [5, 5.41) is 18.4. The zero-order valence-corrected chi connectivity index (χ0v) is 9.26. The average Bonchev–Trinajstić information content (AvgIpc) is 2.41. The second-order valence-corrected chi connectivity index (χ2v) is 3.40. The molecule has 0 aliphatic rings. The minimum Gasteiger partial charge on any atom is -0.467 e. The van der Waals surface area contributed by atoms with Crippen LogP contribution in [0.25, 0.3) is 0 Å². The van der Waals surface area contributed by atoms with Crippen molar-refractivity contribution in [1.82, 2.24) is 0 Å². The Morgan fingerprint density at radius 1 is 0.947 bits per heavy atom. The van der Waals surface area contributed by atoms with Gasteiger partial charge in [-0.3, -0.25) is 0 Å². The summed E-state index contributed by atoms with van der Waals surface area (Å²) in [5.41, 5.74) is -1.71. The highest BCUT2D eigenvalue weighted by Gasteiger charge is 2.35. The van der Waals surface area contributed by atoms with Crippen molar-refractivity contribution in [3.05, 3.63) is 34.6 Å². The Bertz CT molecular complexity index is 490. The second-order valence-electron chi connectivity index (χ2n) is 3.40. The first kappa shape index (κ1) is 15.3. The summed E-state index contributed by atoms with van der Waals surface area (Å²) in [7, 11) is 0.789. The first-order valence-electron chi connectivity index (χ1n) is 4.69. The van der Waals surface area contributed by atoms with Crippen LogP contribution < -0.4 is 0 Å². The smallest absolute Gasteiger partial charge is 0.337 e. The number of halogens is 5. The fourth-order valence-electron chi connectivity index (χ4n) is 1.29. The molecule has 0 aromatic heterocycles. The third kappa shape index (κ3) is 2.51. The molecule has 0 bridgehead atoms. The Morgan fingerprint density at radius 2 is 1.32 bits per heavy atom. The Balaban J connectivity index is 3.39. The number of hydrogen-bond donors (Lipinski definition) is 2. The Hall–Kier alpha value is -1.74. The number of carbonyl (C=O) groups excluding carboxylic acids is 1. The highest BCUT2D eigenvalue weighted by Crippen LogP contribution is 2.29. The van der Waals surface area contributed by atoms with Crippen LogP contribution in [-0.4, -0.2) is 29.4 Å². The summed E-state index contributed by atoms with van der Waals surface area (Å²) in [5.74, 6) is -13.2. The molecule has 0 saturated carbocycles. The molecule has 0 radical (unpaired) electrons. The van der Waals surface area contributed by atoms with E-state index in [4.69, 9.17) is 5.11 Å². The van der Waals surface area contributed by atoms with E-state index in [1.807, 2.05) is 0 Å². The highest BCUT2D eigenvalue weighted by atomic mass is 19.2. The van der Waals surface area contributed by atoms with Crippen LogP contribution in [0.5, 0.6) is 0 Å². The molecule has 9 heteroatoms. The molecule has 0 saturated heterocycles.